The Hall–Kier alpha value is -0.0213. The van der Waals surface area contributed by atoms with E-state index in [0.29, 0.717) is 0 Å². The van der Waals surface area contributed by atoms with Crippen molar-refractivity contribution >= 4 is 43.4 Å². The van der Waals surface area contributed by atoms with E-state index in [-0.39, 0.29) is 0 Å². The van der Waals surface area contributed by atoms with E-state index in [1.807, 2.05) is 2.89 Å². The minimum absolute atomic E-state index is 1.36. The average Bonchev–Trinajstić information content (AvgIpc) is 2.99. The molecule has 2 heteroatoms. The van der Waals surface area contributed by atoms with Crippen LogP contribution in [0.3, 0.4) is 0 Å². The second-order valence-electron chi connectivity index (χ2n) is 6.74. The molecule has 0 aliphatic heterocycles. The fourth-order valence-electron chi connectivity index (χ4n) is 3.66. The van der Waals surface area contributed by atoms with Gasteiger partial charge in [-0.1, -0.05) is 0 Å². The van der Waals surface area contributed by atoms with Gasteiger partial charge in [-0.25, -0.2) is 0 Å². The van der Waals surface area contributed by atoms with Gasteiger partial charge in [0.15, 0.2) is 0 Å². The topological polar surface area (TPSA) is 0 Å². The minimum atomic E-state index is -2.23. The molecule has 0 radical (unpaired) electrons. The number of hydrogen-bond acceptors (Lipinski definition) is 1. The molecular formula is C20H32SSn. The summed E-state index contributed by atoms with van der Waals surface area (Å²) in [6.45, 7) is 7.09. The number of rotatable bonds is 10. The van der Waals surface area contributed by atoms with Gasteiger partial charge in [-0.3, -0.25) is 0 Å². The van der Waals surface area contributed by atoms with Crippen LogP contribution in [0.2, 0.25) is 13.3 Å². The zero-order valence-corrected chi connectivity index (χ0v) is 18.3. The molecule has 0 bridgehead atoms. The summed E-state index contributed by atoms with van der Waals surface area (Å²) in [5, 5.41) is 5.54. The van der Waals surface area contributed by atoms with E-state index in [4.69, 9.17) is 0 Å². The Labute approximate surface area is 145 Å². The second-order valence-corrected chi connectivity index (χ2v) is 21.7. The van der Waals surface area contributed by atoms with Gasteiger partial charge in [0.25, 0.3) is 0 Å². The van der Waals surface area contributed by atoms with E-state index < -0.39 is 18.4 Å². The molecule has 1 aromatic heterocycles. The molecule has 0 N–H and O–H groups in total. The maximum atomic E-state index is 2.43. The number of hydrogen-bond donors (Lipinski definition) is 0. The third-order valence-corrected chi connectivity index (χ3v) is 24.5. The molecule has 0 spiro atoms. The third-order valence-electron chi connectivity index (χ3n) is 5.02. The first-order chi connectivity index (χ1) is 10.8. The zero-order chi connectivity index (χ0) is 15.8. The van der Waals surface area contributed by atoms with Crippen LogP contribution in [0.25, 0.3) is 10.8 Å². The molecule has 0 aliphatic carbocycles. The van der Waals surface area contributed by atoms with Crippen molar-refractivity contribution in [2.75, 3.05) is 0 Å². The summed E-state index contributed by atoms with van der Waals surface area (Å²) in [7, 11) is 0. The van der Waals surface area contributed by atoms with Crippen LogP contribution in [-0.2, 0) is 0 Å². The van der Waals surface area contributed by atoms with Gasteiger partial charge in [-0.2, -0.15) is 0 Å². The van der Waals surface area contributed by atoms with Crippen molar-refractivity contribution in [3.05, 3.63) is 29.6 Å². The van der Waals surface area contributed by atoms with Gasteiger partial charge < -0.3 is 0 Å². The quantitative estimate of drug-likeness (QED) is 0.363. The van der Waals surface area contributed by atoms with Gasteiger partial charge in [0.1, 0.15) is 0 Å². The summed E-state index contributed by atoms with van der Waals surface area (Å²) >= 11 is -0.112. The fraction of sp³-hybridized carbons (Fsp3) is 0.600. The Morgan fingerprint density at radius 3 is 1.91 bits per heavy atom. The van der Waals surface area contributed by atoms with Crippen LogP contribution in [0, 0.1) is 0 Å². The van der Waals surface area contributed by atoms with Crippen LogP contribution >= 0.6 is 11.3 Å². The first kappa shape index (κ1) is 18.3. The van der Waals surface area contributed by atoms with Gasteiger partial charge in [-0.05, 0) is 0 Å². The molecule has 0 atom stereocenters. The van der Waals surface area contributed by atoms with Gasteiger partial charge in [0, 0.05) is 0 Å². The molecule has 0 saturated carbocycles. The molecule has 22 heavy (non-hydrogen) atoms. The summed E-state index contributed by atoms with van der Waals surface area (Å²) in [5.41, 5.74) is 0. The molecule has 1 heterocycles. The van der Waals surface area contributed by atoms with Crippen LogP contribution in [0.1, 0.15) is 59.3 Å². The van der Waals surface area contributed by atoms with Gasteiger partial charge in [0.05, 0.1) is 0 Å². The van der Waals surface area contributed by atoms with Crippen LogP contribution in [-0.4, -0.2) is 18.4 Å². The molecule has 0 saturated heterocycles. The first-order valence-corrected chi connectivity index (χ1v) is 17.6. The van der Waals surface area contributed by atoms with Crippen molar-refractivity contribution in [1.82, 2.24) is 0 Å². The van der Waals surface area contributed by atoms with Crippen molar-refractivity contribution in [2.45, 2.75) is 72.6 Å². The summed E-state index contributed by atoms with van der Waals surface area (Å²) in [5.74, 6) is 0. The second kappa shape index (κ2) is 9.32. The zero-order valence-electron chi connectivity index (χ0n) is 14.7. The predicted molar refractivity (Wildman–Crippen MR) is 106 cm³/mol. The molecule has 0 fully saturated rings. The van der Waals surface area contributed by atoms with Crippen molar-refractivity contribution < 1.29 is 0 Å². The number of unbranched alkanes of at least 4 members (excludes halogenated alkanes) is 3. The monoisotopic (exact) mass is 424 g/mol. The van der Waals surface area contributed by atoms with Crippen LogP contribution < -0.4 is 2.89 Å². The van der Waals surface area contributed by atoms with Crippen molar-refractivity contribution in [1.29, 1.82) is 0 Å². The van der Waals surface area contributed by atoms with Crippen molar-refractivity contribution in [3.63, 3.8) is 0 Å². The molecule has 0 unspecified atom stereocenters. The number of thiophene rings is 1. The molecule has 0 amide bonds. The summed E-state index contributed by atoms with van der Waals surface area (Å²) in [6, 6.07) is 9.15. The number of fused-ring (bicyclic) bond motifs is 1. The van der Waals surface area contributed by atoms with Gasteiger partial charge in [0.2, 0.25) is 0 Å². The SMILES string of the molecule is CCC[CH2][Sn]([CH2]CCC)([CH2]CCC)[c]1scc2ccccc12. The molecule has 2 aromatic rings. The van der Waals surface area contributed by atoms with Crippen LogP contribution in [0.15, 0.2) is 29.6 Å². The van der Waals surface area contributed by atoms with Crippen molar-refractivity contribution in [2.24, 2.45) is 0 Å². The van der Waals surface area contributed by atoms with Crippen molar-refractivity contribution in [3.8, 4) is 0 Å². The van der Waals surface area contributed by atoms with E-state index in [1.165, 1.54) is 43.9 Å². The van der Waals surface area contributed by atoms with E-state index in [0.717, 1.165) is 0 Å². The Balaban J connectivity index is 2.42. The molecule has 122 valence electrons. The molecule has 0 nitrogen and oxygen atoms in total. The van der Waals surface area contributed by atoms with E-state index in [1.54, 1.807) is 18.7 Å². The Morgan fingerprint density at radius 2 is 1.36 bits per heavy atom. The van der Waals surface area contributed by atoms with Gasteiger partial charge in [-0.15, -0.1) is 0 Å². The van der Waals surface area contributed by atoms with Gasteiger partial charge >= 0.3 is 146 Å². The molecular weight excluding hydrogens is 391 g/mol. The Kier molecular flexibility index (Phi) is 7.76. The third kappa shape index (κ3) is 4.29. The normalized spacial score (nSPS) is 12.1. The average molecular weight is 423 g/mol. The van der Waals surface area contributed by atoms with Crippen LogP contribution in [0.4, 0.5) is 0 Å². The first-order valence-electron chi connectivity index (χ1n) is 9.24. The van der Waals surface area contributed by atoms with E-state index >= 15 is 0 Å². The summed E-state index contributed by atoms with van der Waals surface area (Å²) < 4.78 is 6.63. The Bertz CT molecular complexity index is 536. The van der Waals surface area contributed by atoms with E-state index in [2.05, 4.69) is 61.8 Å². The summed E-state index contributed by atoms with van der Waals surface area (Å²) in [6.07, 6.45) is 8.45. The molecule has 2 rings (SSSR count). The standard InChI is InChI=1S/C8H5S.3C4H9.Sn/c1-2-4-8-6-9-5-7(8)3-1;3*1-3-4-2;/h1-5H;3*1,3-4H2,2H3;. The maximum absolute atomic E-state index is 2.43. The molecule has 1 aromatic carbocycles. The molecule has 0 aliphatic rings. The predicted octanol–water partition coefficient (Wildman–Crippen LogP) is 6.96. The fourth-order valence-corrected chi connectivity index (χ4v) is 24.6. The number of benzene rings is 1. The van der Waals surface area contributed by atoms with E-state index in [9.17, 15) is 0 Å². The van der Waals surface area contributed by atoms with Crippen LogP contribution in [0.5, 0.6) is 0 Å². The Morgan fingerprint density at radius 1 is 0.818 bits per heavy atom. The summed E-state index contributed by atoms with van der Waals surface area (Å²) in [4.78, 5) is 0.